The zero-order valence-electron chi connectivity index (χ0n) is 15.6. The highest BCUT2D eigenvalue weighted by atomic mass is 32.2. The molecule has 1 aliphatic rings. The maximum atomic E-state index is 13.0. The number of piperidine rings is 1. The molecule has 0 radical (unpaired) electrons. The molecule has 3 rings (SSSR count). The molecular weight excluding hydrogens is 371 g/mol. The third kappa shape index (κ3) is 4.60. The topological polar surface area (TPSA) is 75.6 Å². The molecule has 0 unspecified atom stereocenters. The van der Waals surface area contributed by atoms with Crippen LogP contribution in [-0.4, -0.2) is 54.2 Å². The summed E-state index contributed by atoms with van der Waals surface area (Å²) in [5.41, 5.74) is 0.764. The number of aromatic nitrogens is 2. The molecule has 2 aromatic rings. The van der Waals surface area contributed by atoms with Crippen LogP contribution in [0.4, 0.5) is 4.39 Å². The van der Waals surface area contributed by atoms with Crippen molar-refractivity contribution in [2.75, 3.05) is 27.2 Å². The largest absolute Gasteiger partial charge is 0.439 e. The average Bonchev–Trinajstić information content (AvgIpc) is 2.63. The van der Waals surface area contributed by atoms with Gasteiger partial charge in [-0.3, -0.25) is 0 Å². The van der Waals surface area contributed by atoms with Crippen LogP contribution in [0.25, 0.3) is 0 Å². The number of hydrogen-bond donors (Lipinski definition) is 0. The summed E-state index contributed by atoms with van der Waals surface area (Å²) in [6.45, 7) is 2.71. The number of halogens is 1. The minimum Gasteiger partial charge on any atom is -0.439 e. The van der Waals surface area contributed by atoms with E-state index in [-0.39, 0.29) is 11.7 Å². The molecule has 0 amide bonds. The minimum atomic E-state index is -3.40. The van der Waals surface area contributed by atoms with Crippen LogP contribution in [0.15, 0.2) is 30.3 Å². The van der Waals surface area contributed by atoms with E-state index < -0.39 is 10.2 Å². The van der Waals surface area contributed by atoms with E-state index in [1.807, 2.05) is 6.92 Å². The fourth-order valence-corrected chi connectivity index (χ4v) is 4.13. The van der Waals surface area contributed by atoms with Crippen LogP contribution in [0.2, 0.25) is 0 Å². The van der Waals surface area contributed by atoms with Crippen LogP contribution in [0, 0.1) is 12.7 Å². The summed E-state index contributed by atoms with van der Waals surface area (Å²) in [6, 6.07) is 7.45. The molecule has 27 heavy (non-hydrogen) atoms. The molecule has 0 saturated carbocycles. The van der Waals surface area contributed by atoms with Gasteiger partial charge in [-0.25, -0.2) is 9.37 Å². The Kier molecular flexibility index (Phi) is 5.73. The normalized spacial score (nSPS) is 16.6. The summed E-state index contributed by atoms with van der Waals surface area (Å²) in [7, 11) is -0.332. The number of aryl methyl sites for hydroxylation is 1. The Morgan fingerprint density at radius 2 is 1.78 bits per heavy atom. The highest BCUT2D eigenvalue weighted by molar-refractivity contribution is 7.86. The van der Waals surface area contributed by atoms with Crippen LogP contribution in [-0.2, 0) is 10.2 Å². The quantitative estimate of drug-likeness (QED) is 0.779. The van der Waals surface area contributed by atoms with Crippen LogP contribution in [0.1, 0.15) is 30.3 Å². The van der Waals surface area contributed by atoms with Gasteiger partial charge in [0.1, 0.15) is 17.4 Å². The molecular formula is C18H23FN4O3S. The Labute approximate surface area is 159 Å². The second-order valence-corrected chi connectivity index (χ2v) is 8.87. The third-order valence-corrected chi connectivity index (χ3v) is 6.43. The van der Waals surface area contributed by atoms with E-state index in [0.717, 1.165) is 5.69 Å². The Bertz CT molecular complexity index is 895. The lowest BCUT2D eigenvalue weighted by Crippen LogP contribution is -2.44. The predicted octanol–water partition coefficient (Wildman–Crippen LogP) is 2.70. The van der Waals surface area contributed by atoms with Gasteiger partial charge in [0.2, 0.25) is 5.88 Å². The summed E-state index contributed by atoms with van der Waals surface area (Å²) in [5.74, 6) is 1.27. The van der Waals surface area contributed by atoms with Gasteiger partial charge in [0.25, 0.3) is 10.2 Å². The SMILES string of the molecule is Cc1cc(Oc2ccc(F)cc2)nc(C2CCN(S(=O)(=O)N(C)C)CC2)n1. The van der Waals surface area contributed by atoms with Crippen LogP contribution in [0.3, 0.4) is 0 Å². The molecule has 146 valence electrons. The standard InChI is InChI=1S/C18H23FN4O3S/c1-13-12-17(26-16-6-4-15(19)5-7-16)21-18(20-13)14-8-10-23(11-9-14)27(24,25)22(2)3/h4-7,12,14H,8-11H2,1-3H3. The van der Waals surface area contributed by atoms with Gasteiger partial charge in [-0.05, 0) is 44.0 Å². The van der Waals surface area contributed by atoms with Crippen molar-refractivity contribution in [3.05, 3.63) is 47.7 Å². The van der Waals surface area contributed by atoms with Gasteiger partial charge in [0.05, 0.1) is 0 Å². The number of ether oxygens (including phenoxy) is 1. The summed E-state index contributed by atoms with van der Waals surface area (Å²) in [6.07, 6.45) is 1.29. The molecule has 0 bridgehead atoms. The first-order valence-corrected chi connectivity index (χ1v) is 10.1. The van der Waals surface area contributed by atoms with Gasteiger partial charge < -0.3 is 4.74 Å². The van der Waals surface area contributed by atoms with Crippen molar-refractivity contribution in [3.63, 3.8) is 0 Å². The van der Waals surface area contributed by atoms with Crippen molar-refractivity contribution in [2.24, 2.45) is 0 Å². The Hall–Kier alpha value is -2.10. The fraction of sp³-hybridized carbons (Fsp3) is 0.444. The second-order valence-electron chi connectivity index (χ2n) is 6.73. The molecule has 9 heteroatoms. The van der Waals surface area contributed by atoms with Crippen LogP contribution >= 0.6 is 0 Å². The van der Waals surface area contributed by atoms with Gasteiger partial charge in [0.15, 0.2) is 0 Å². The van der Waals surface area contributed by atoms with E-state index in [0.29, 0.717) is 43.4 Å². The van der Waals surface area contributed by atoms with Crippen LogP contribution in [0.5, 0.6) is 11.6 Å². The number of rotatable bonds is 5. The molecule has 7 nitrogen and oxygen atoms in total. The first kappa shape index (κ1) is 19.7. The minimum absolute atomic E-state index is 0.0640. The number of benzene rings is 1. The fourth-order valence-electron chi connectivity index (χ4n) is 3.00. The zero-order valence-corrected chi connectivity index (χ0v) is 16.4. The van der Waals surface area contributed by atoms with Gasteiger partial charge in [-0.15, -0.1) is 0 Å². The van der Waals surface area contributed by atoms with Crippen molar-refractivity contribution in [1.82, 2.24) is 18.6 Å². The van der Waals surface area contributed by atoms with Crippen molar-refractivity contribution in [3.8, 4) is 11.6 Å². The van der Waals surface area contributed by atoms with Crippen molar-refractivity contribution in [1.29, 1.82) is 0 Å². The first-order valence-electron chi connectivity index (χ1n) is 8.72. The first-order chi connectivity index (χ1) is 12.8. The summed E-state index contributed by atoms with van der Waals surface area (Å²) >= 11 is 0. The second kappa shape index (κ2) is 7.87. The molecule has 2 heterocycles. The highest BCUT2D eigenvalue weighted by Crippen LogP contribution is 2.29. The molecule has 0 aliphatic carbocycles. The van der Waals surface area contributed by atoms with Crippen molar-refractivity contribution >= 4 is 10.2 Å². The van der Waals surface area contributed by atoms with E-state index in [9.17, 15) is 12.8 Å². The van der Waals surface area contributed by atoms with Gasteiger partial charge in [-0.1, -0.05) is 0 Å². The molecule has 1 aromatic carbocycles. The highest BCUT2D eigenvalue weighted by Gasteiger charge is 2.31. The van der Waals surface area contributed by atoms with Gasteiger partial charge >= 0.3 is 0 Å². The molecule has 0 spiro atoms. The lowest BCUT2D eigenvalue weighted by molar-refractivity contribution is 0.296. The summed E-state index contributed by atoms with van der Waals surface area (Å²) < 4.78 is 45.9. The lowest BCUT2D eigenvalue weighted by Gasteiger charge is -2.32. The summed E-state index contributed by atoms with van der Waals surface area (Å²) in [4.78, 5) is 9.00. The monoisotopic (exact) mass is 394 g/mol. The van der Waals surface area contributed by atoms with Crippen molar-refractivity contribution < 1.29 is 17.5 Å². The van der Waals surface area contributed by atoms with E-state index in [4.69, 9.17) is 4.74 Å². The Morgan fingerprint density at radius 1 is 1.15 bits per heavy atom. The Morgan fingerprint density at radius 3 is 2.37 bits per heavy atom. The molecule has 1 aliphatic heterocycles. The van der Waals surface area contributed by atoms with E-state index in [1.165, 1.54) is 47.0 Å². The number of hydrogen-bond acceptors (Lipinski definition) is 5. The maximum absolute atomic E-state index is 13.0. The van der Waals surface area contributed by atoms with Gasteiger partial charge in [-0.2, -0.15) is 22.0 Å². The van der Waals surface area contributed by atoms with Gasteiger partial charge in [0, 0.05) is 44.9 Å². The molecule has 1 aromatic heterocycles. The smallest absolute Gasteiger partial charge is 0.281 e. The molecule has 1 saturated heterocycles. The van der Waals surface area contributed by atoms with E-state index in [1.54, 1.807) is 6.07 Å². The number of nitrogens with zero attached hydrogens (tertiary/aromatic N) is 4. The lowest BCUT2D eigenvalue weighted by atomic mass is 9.97. The molecule has 1 fully saturated rings. The Balaban J connectivity index is 1.72. The van der Waals surface area contributed by atoms with Crippen LogP contribution < -0.4 is 4.74 Å². The van der Waals surface area contributed by atoms with E-state index in [2.05, 4.69) is 9.97 Å². The third-order valence-electron chi connectivity index (χ3n) is 4.49. The molecule has 0 N–H and O–H groups in total. The van der Waals surface area contributed by atoms with E-state index >= 15 is 0 Å². The van der Waals surface area contributed by atoms with Crippen molar-refractivity contribution in [2.45, 2.75) is 25.7 Å². The summed E-state index contributed by atoms with van der Waals surface area (Å²) in [5, 5.41) is 0. The zero-order chi connectivity index (χ0) is 19.6. The average molecular weight is 394 g/mol. The maximum Gasteiger partial charge on any atom is 0.281 e. The molecule has 0 atom stereocenters. The predicted molar refractivity (Wildman–Crippen MR) is 99.4 cm³/mol.